The van der Waals surface area contributed by atoms with Gasteiger partial charge in [-0.3, -0.25) is 10.1 Å². The fraction of sp³-hybridized carbons (Fsp3) is 0.273. The zero-order valence-electron chi connectivity index (χ0n) is 27.0. The van der Waals surface area contributed by atoms with Crippen LogP contribution in [0.15, 0.2) is 79.9 Å². The van der Waals surface area contributed by atoms with Gasteiger partial charge < -0.3 is 46.8 Å². The van der Waals surface area contributed by atoms with Crippen LogP contribution in [0.3, 0.4) is 0 Å². The van der Waals surface area contributed by atoms with Crippen LogP contribution >= 0.6 is 0 Å². The highest BCUT2D eigenvalue weighted by molar-refractivity contribution is 5.81. The maximum absolute atomic E-state index is 11.1. The number of nitro benzene ring substituents is 1. The van der Waals surface area contributed by atoms with Crippen molar-refractivity contribution in [1.29, 1.82) is 0 Å². The maximum Gasteiger partial charge on any atom is 0.330 e. The smallest absolute Gasteiger partial charge is 0.330 e. The number of nitrogens with zero attached hydrogens (tertiary/aromatic N) is 2. The third kappa shape index (κ3) is 14.6. The van der Waals surface area contributed by atoms with Crippen molar-refractivity contribution in [3.8, 4) is 11.5 Å². The van der Waals surface area contributed by atoms with Crippen molar-refractivity contribution in [3.05, 3.63) is 95.6 Å². The summed E-state index contributed by atoms with van der Waals surface area (Å²) in [7, 11) is 0. The minimum Gasteiger partial charge on any atom is -0.492 e. The van der Waals surface area contributed by atoms with Gasteiger partial charge in [0.05, 0.1) is 42.6 Å². The highest BCUT2D eigenvalue weighted by Crippen LogP contribution is 2.32. The van der Waals surface area contributed by atoms with Crippen LogP contribution in [0.2, 0.25) is 0 Å². The molecule has 0 aliphatic carbocycles. The molecule has 0 saturated carbocycles. The van der Waals surface area contributed by atoms with Crippen molar-refractivity contribution < 1.29 is 33.5 Å². The van der Waals surface area contributed by atoms with E-state index in [0.717, 1.165) is 23.4 Å². The Morgan fingerprint density at radius 1 is 0.787 bits per heavy atom. The topological polar surface area (TPSA) is 222 Å². The highest BCUT2D eigenvalue weighted by Gasteiger charge is 2.10. The van der Waals surface area contributed by atoms with Gasteiger partial charge in [0.2, 0.25) is 0 Å². The second-order valence-corrected chi connectivity index (χ2v) is 9.41. The Hall–Kier alpha value is -5.92. The first kappa shape index (κ1) is 39.1. The summed E-state index contributed by atoms with van der Waals surface area (Å²) in [5, 5.41) is 10.1. The number of ether oxygens (including phenoxy) is 4. The van der Waals surface area contributed by atoms with Crippen LogP contribution in [0.1, 0.15) is 19.4 Å². The molecule has 0 unspecified atom stereocenters. The Kier molecular flexibility index (Phi) is 17.4. The lowest BCUT2D eigenvalue weighted by molar-refractivity contribution is -0.384. The fourth-order valence-corrected chi connectivity index (χ4v) is 3.61. The number of carbonyl (C=O) groups excluding carboxylic acids is 2. The summed E-state index contributed by atoms with van der Waals surface area (Å²) in [5.74, 6) is 0.259. The quantitative estimate of drug-likeness (QED) is 0.0612. The Morgan fingerprint density at radius 3 is 1.64 bits per heavy atom. The van der Waals surface area contributed by atoms with Gasteiger partial charge in [-0.2, -0.15) is 0 Å². The molecule has 8 N–H and O–H groups in total. The molecule has 0 bridgehead atoms. The first-order valence-electron chi connectivity index (χ1n) is 14.5. The second kappa shape index (κ2) is 20.9. The summed E-state index contributed by atoms with van der Waals surface area (Å²) < 4.78 is 20.6. The molecule has 14 heteroatoms. The van der Waals surface area contributed by atoms with Gasteiger partial charge in [0.1, 0.15) is 24.7 Å². The zero-order chi connectivity index (χ0) is 35.4. The van der Waals surface area contributed by atoms with Crippen molar-refractivity contribution in [3.63, 3.8) is 0 Å². The first-order chi connectivity index (χ1) is 22.4. The van der Waals surface area contributed by atoms with Crippen molar-refractivity contribution in [2.75, 3.05) is 67.4 Å². The Morgan fingerprint density at radius 2 is 1.26 bits per heavy atom. The van der Waals surface area contributed by atoms with Crippen molar-refractivity contribution in [2.24, 2.45) is 0 Å². The van der Waals surface area contributed by atoms with E-state index in [2.05, 4.69) is 13.2 Å². The molecule has 0 spiro atoms. The van der Waals surface area contributed by atoms with E-state index in [1.807, 2.05) is 43.9 Å². The average molecular weight is 653 g/mol. The van der Waals surface area contributed by atoms with Crippen LogP contribution in [-0.2, 0) is 19.1 Å². The molecule has 254 valence electrons. The number of aryl methyl sites for hydroxylation is 1. The monoisotopic (exact) mass is 652 g/mol. The number of nitrogen functional groups attached to an aromatic ring is 4. The van der Waals surface area contributed by atoms with E-state index in [-0.39, 0.29) is 18.9 Å². The number of carbonyl (C=O) groups is 2. The van der Waals surface area contributed by atoms with Gasteiger partial charge in [-0.1, -0.05) is 13.2 Å². The molecular formula is C33H44N6O8. The lowest BCUT2D eigenvalue weighted by Gasteiger charge is -2.25. The molecule has 0 aliphatic heterocycles. The van der Waals surface area contributed by atoms with E-state index in [1.165, 1.54) is 24.3 Å². The van der Waals surface area contributed by atoms with Crippen molar-refractivity contribution >= 4 is 46.1 Å². The Bertz CT molecular complexity index is 1420. The van der Waals surface area contributed by atoms with Gasteiger partial charge in [0.25, 0.3) is 5.69 Å². The van der Waals surface area contributed by atoms with Crippen molar-refractivity contribution in [1.82, 2.24) is 0 Å². The van der Waals surface area contributed by atoms with E-state index in [0.29, 0.717) is 60.6 Å². The van der Waals surface area contributed by atoms with Crippen molar-refractivity contribution in [2.45, 2.75) is 20.8 Å². The molecule has 3 rings (SSSR count). The molecular weight excluding hydrogens is 608 g/mol. The molecule has 0 radical (unpaired) electrons. The maximum atomic E-state index is 11.1. The molecule has 3 aromatic carbocycles. The third-order valence-corrected chi connectivity index (χ3v) is 6.01. The summed E-state index contributed by atoms with van der Waals surface area (Å²) >= 11 is 0. The Balaban J connectivity index is 0.000000388. The van der Waals surface area contributed by atoms with Crippen LogP contribution in [0.4, 0.5) is 34.1 Å². The minimum atomic E-state index is -0.475. The third-order valence-electron chi connectivity index (χ3n) is 6.01. The molecule has 14 nitrogen and oxygen atoms in total. The number of non-ortho nitro benzene ring substituents is 1. The van der Waals surface area contributed by atoms with Gasteiger partial charge in [0.15, 0.2) is 0 Å². The molecule has 0 fully saturated rings. The summed E-state index contributed by atoms with van der Waals surface area (Å²) in [5.41, 5.74) is 26.9. The summed E-state index contributed by atoms with van der Waals surface area (Å²) in [6.45, 7) is 14.8. The predicted molar refractivity (Wildman–Crippen MR) is 185 cm³/mol. The molecule has 0 heterocycles. The van der Waals surface area contributed by atoms with Crippen LogP contribution in [0, 0.1) is 17.0 Å². The number of rotatable bonds is 14. The number of anilines is 5. The molecule has 0 aliphatic rings. The number of nitro groups is 1. The average Bonchev–Trinajstić information content (AvgIpc) is 3.04. The van der Waals surface area contributed by atoms with E-state index < -0.39 is 16.9 Å². The highest BCUT2D eigenvalue weighted by atomic mass is 16.6. The number of nitrogens with two attached hydrogens (primary N) is 4. The fourth-order valence-electron chi connectivity index (χ4n) is 3.61. The van der Waals surface area contributed by atoms with Crippen LogP contribution < -0.4 is 37.3 Å². The molecule has 47 heavy (non-hydrogen) atoms. The number of hydrogen-bond donors (Lipinski definition) is 4. The summed E-state index contributed by atoms with van der Waals surface area (Å²) in [4.78, 5) is 33.8. The lowest BCUT2D eigenvalue weighted by atomic mass is 10.1. The molecule has 0 atom stereocenters. The SMILES string of the molecule is C=CC(=O)OCCN(CCOC(=O)C=C)c1ccc(N)c(C)c1.CCOc1cc(N)c(OCC)cc1N.Nc1ccc([N+](=O)[O-])cc1. The van der Waals surface area contributed by atoms with E-state index in [9.17, 15) is 19.7 Å². The summed E-state index contributed by atoms with van der Waals surface area (Å²) in [6.07, 6.45) is 2.23. The number of esters is 2. The second-order valence-electron chi connectivity index (χ2n) is 9.41. The standard InChI is InChI=1S/C17H22N2O4.C10H16N2O2.C6H6N2O2/c1-4-16(20)22-10-8-19(9-11-23-17(21)5-2)14-6-7-15(18)13(3)12-14;1-3-13-9-5-8(12)10(14-4-2)6-7(9)11;7-5-1-3-6(4-2-5)8(9)10/h4-7,12H,1-2,8-11,18H2,3H3;5-6H,3-4,11-12H2,1-2H3;1-4H,7H2. The number of hydrogen-bond acceptors (Lipinski definition) is 13. The van der Waals surface area contributed by atoms with E-state index >= 15 is 0 Å². The molecule has 0 saturated heterocycles. The van der Waals surface area contributed by atoms with Gasteiger partial charge in [-0.25, -0.2) is 9.59 Å². The minimum absolute atomic E-state index is 0.0641. The predicted octanol–water partition coefficient (Wildman–Crippen LogP) is 4.67. The van der Waals surface area contributed by atoms with Crippen LogP contribution in [0.25, 0.3) is 0 Å². The normalized spacial score (nSPS) is 9.68. The van der Waals surface area contributed by atoms with Gasteiger partial charge in [-0.05, 0) is 56.7 Å². The van der Waals surface area contributed by atoms with E-state index in [4.69, 9.17) is 41.9 Å². The summed E-state index contributed by atoms with van der Waals surface area (Å²) in [6, 6.07) is 14.7. The molecule has 3 aromatic rings. The van der Waals surface area contributed by atoms with Gasteiger partial charge in [-0.15, -0.1) is 0 Å². The number of benzene rings is 3. The largest absolute Gasteiger partial charge is 0.492 e. The van der Waals surface area contributed by atoms with Gasteiger partial charge >= 0.3 is 11.9 Å². The van der Waals surface area contributed by atoms with Crippen LogP contribution in [-0.4, -0.2) is 56.4 Å². The van der Waals surface area contributed by atoms with E-state index in [1.54, 1.807) is 12.1 Å². The van der Waals surface area contributed by atoms with Gasteiger partial charge in [0, 0.05) is 53.5 Å². The molecule has 0 amide bonds. The lowest BCUT2D eigenvalue weighted by Crippen LogP contribution is -2.32. The zero-order valence-corrected chi connectivity index (χ0v) is 27.0. The Labute approximate surface area is 274 Å². The molecule has 0 aromatic heterocycles. The van der Waals surface area contributed by atoms with Crippen LogP contribution in [0.5, 0.6) is 11.5 Å². The first-order valence-corrected chi connectivity index (χ1v) is 14.5.